The minimum Gasteiger partial charge on any atom is -0.265 e. The van der Waals surface area contributed by atoms with Gasteiger partial charge in [0.15, 0.2) is 18.9 Å². The van der Waals surface area contributed by atoms with Gasteiger partial charge in [0.2, 0.25) is 0 Å². The van der Waals surface area contributed by atoms with Crippen LogP contribution < -0.4 is 4.57 Å². The number of nitrogens with zero attached hydrogens (tertiary/aromatic N) is 3. The third-order valence-electron chi connectivity index (χ3n) is 3.35. The zero-order valence-electron chi connectivity index (χ0n) is 14.2. The van der Waals surface area contributed by atoms with Crippen LogP contribution in [0.5, 0.6) is 0 Å². The first-order valence-corrected chi connectivity index (χ1v) is 9.78. The van der Waals surface area contributed by atoms with Crippen molar-refractivity contribution in [2.75, 3.05) is 0 Å². The predicted molar refractivity (Wildman–Crippen MR) is 93.7 cm³/mol. The van der Waals surface area contributed by atoms with Gasteiger partial charge in [0, 0.05) is 30.1 Å². The Morgan fingerprint density at radius 3 is 1.71 bits per heavy atom. The molecule has 0 bridgehead atoms. The summed E-state index contributed by atoms with van der Waals surface area (Å²) in [5, 5.41) is 8.80. The van der Waals surface area contributed by atoms with Gasteiger partial charge in [-0.05, 0) is 35.4 Å². The minimum atomic E-state index is -10.7. The molecule has 0 unspecified atom stereocenters. The molecule has 148 valence electrons. The van der Waals surface area contributed by atoms with Crippen molar-refractivity contribution >= 4 is 7.81 Å². The first-order valence-electron chi connectivity index (χ1n) is 7.75. The van der Waals surface area contributed by atoms with Crippen LogP contribution in [0.2, 0.25) is 0 Å². The molecular weight excluding hydrogens is 403 g/mol. The smallest absolute Gasteiger partial charge is 0.173 e. The van der Waals surface area contributed by atoms with Gasteiger partial charge < -0.3 is 0 Å². The molecule has 28 heavy (non-hydrogen) atoms. The van der Waals surface area contributed by atoms with Crippen LogP contribution in [0.25, 0.3) is 11.1 Å². The summed E-state index contributed by atoms with van der Waals surface area (Å²) < 4.78 is 61.3. The number of nitriles is 1. The van der Waals surface area contributed by atoms with Crippen molar-refractivity contribution in [1.29, 1.82) is 5.26 Å². The van der Waals surface area contributed by atoms with Crippen molar-refractivity contribution < 1.29 is 29.7 Å². The van der Waals surface area contributed by atoms with Crippen LogP contribution in [0.1, 0.15) is 11.1 Å². The van der Waals surface area contributed by atoms with Crippen molar-refractivity contribution in [3.05, 3.63) is 84.4 Å². The normalized spacial score (nSPS) is 13.3. The summed E-state index contributed by atoms with van der Waals surface area (Å²) in [4.78, 5) is 4.03. The van der Waals surface area contributed by atoms with Gasteiger partial charge in [-0.15, -0.1) is 0 Å². The fourth-order valence-electron chi connectivity index (χ4n) is 2.20. The summed E-state index contributed by atoms with van der Waals surface area (Å²) in [6, 6.07) is 18.0. The number of pyridine rings is 2. The molecule has 0 saturated heterocycles. The van der Waals surface area contributed by atoms with Gasteiger partial charge in [-0.25, -0.2) is 4.57 Å². The third-order valence-corrected chi connectivity index (χ3v) is 3.35. The van der Waals surface area contributed by atoms with Crippen LogP contribution in [0.4, 0.5) is 25.2 Å². The number of aromatic nitrogens is 2. The first-order chi connectivity index (χ1) is 12.8. The number of hydrogen-bond acceptors (Lipinski definition) is 2. The fraction of sp³-hybridized carbons (Fsp3) is 0.0556. The molecule has 0 spiro atoms. The molecule has 3 nitrogen and oxygen atoms in total. The maximum Gasteiger partial charge on any atom is 0.173 e. The maximum absolute atomic E-state index is 10.7. The van der Waals surface area contributed by atoms with Crippen LogP contribution in [0.15, 0.2) is 73.3 Å². The van der Waals surface area contributed by atoms with Gasteiger partial charge >= 0.3 is 33.0 Å². The number of benzene rings is 1. The molecular formula is C18H14F6N3P. The number of halogens is 6. The van der Waals surface area contributed by atoms with E-state index in [9.17, 15) is 25.2 Å². The summed E-state index contributed by atoms with van der Waals surface area (Å²) in [5.41, 5.74) is 4.21. The molecule has 0 aliphatic rings. The summed E-state index contributed by atoms with van der Waals surface area (Å²) in [5.74, 6) is 0. The van der Waals surface area contributed by atoms with E-state index >= 15 is 0 Å². The van der Waals surface area contributed by atoms with E-state index in [0.29, 0.717) is 5.56 Å². The molecule has 10 heteroatoms. The van der Waals surface area contributed by atoms with E-state index in [2.05, 4.69) is 40.1 Å². The Morgan fingerprint density at radius 1 is 0.786 bits per heavy atom. The van der Waals surface area contributed by atoms with Crippen LogP contribution in [-0.2, 0) is 6.54 Å². The molecule has 2 heterocycles. The zero-order valence-corrected chi connectivity index (χ0v) is 15.1. The van der Waals surface area contributed by atoms with Crippen molar-refractivity contribution in [3.63, 3.8) is 0 Å². The van der Waals surface area contributed by atoms with Crippen molar-refractivity contribution in [3.8, 4) is 17.2 Å². The van der Waals surface area contributed by atoms with Crippen LogP contribution in [-0.4, -0.2) is 4.98 Å². The van der Waals surface area contributed by atoms with E-state index in [1.807, 2.05) is 36.4 Å². The molecule has 3 aromatic rings. The van der Waals surface area contributed by atoms with E-state index in [1.54, 1.807) is 12.4 Å². The molecule has 3 rings (SSSR count). The second-order valence-electron chi connectivity index (χ2n) is 5.76. The van der Waals surface area contributed by atoms with Crippen molar-refractivity contribution in [2.45, 2.75) is 6.54 Å². The van der Waals surface area contributed by atoms with E-state index in [-0.39, 0.29) is 0 Å². The zero-order chi connectivity index (χ0) is 20.9. The standard InChI is InChI=1S/C18H14N3.F6P/c19-13-15-1-3-16(4-2-15)14-21-11-7-18(8-12-21)17-5-9-20-10-6-17;1-7(2,3,4,5)6/h1-12H,14H2;/q+1;-1. The van der Waals surface area contributed by atoms with E-state index in [1.165, 1.54) is 11.1 Å². The van der Waals surface area contributed by atoms with E-state index < -0.39 is 7.81 Å². The molecule has 0 radical (unpaired) electrons. The first kappa shape index (κ1) is 21.3. The van der Waals surface area contributed by atoms with E-state index in [4.69, 9.17) is 5.26 Å². The molecule has 2 aromatic heterocycles. The van der Waals surface area contributed by atoms with Gasteiger partial charge in [0.1, 0.15) is 0 Å². The second kappa shape index (κ2) is 7.21. The summed E-state index contributed by atoms with van der Waals surface area (Å²) in [6.07, 6.45) is 7.72. The molecule has 0 N–H and O–H groups in total. The molecule has 0 aliphatic carbocycles. The molecule has 1 aromatic carbocycles. The minimum absolute atomic E-state index is 0.691. The van der Waals surface area contributed by atoms with Gasteiger partial charge in [0.25, 0.3) is 0 Å². The monoisotopic (exact) mass is 417 g/mol. The fourth-order valence-corrected chi connectivity index (χ4v) is 2.20. The Morgan fingerprint density at radius 2 is 1.25 bits per heavy atom. The number of hydrogen-bond donors (Lipinski definition) is 0. The topological polar surface area (TPSA) is 40.6 Å². The summed E-state index contributed by atoms with van der Waals surface area (Å²) in [6.45, 7) is 0.794. The molecule has 0 fully saturated rings. The van der Waals surface area contributed by atoms with Crippen molar-refractivity contribution in [1.82, 2.24) is 4.98 Å². The average molecular weight is 417 g/mol. The Balaban J connectivity index is 0.000000345. The largest absolute Gasteiger partial charge is 0.265 e. The average Bonchev–Trinajstić information content (AvgIpc) is 2.61. The molecule has 0 atom stereocenters. The number of rotatable bonds is 3. The van der Waals surface area contributed by atoms with Crippen LogP contribution in [0, 0.1) is 11.3 Å². The Labute approximate surface area is 156 Å². The van der Waals surface area contributed by atoms with Gasteiger partial charge in [-0.3, -0.25) is 4.98 Å². The third kappa shape index (κ3) is 9.10. The van der Waals surface area contributed by atoms with Gasteiger partial charge in [-0.2, -0.15) is 5.26 Å². The second-order valence-corrected chi connectivity index (χ2v) is 7.68. The van der Waals surface area contributed by atoms with Crippen molar-refractivity contribution in [2.24, 2.45) is 0 Å². The summed E-state index contributed by atoms with van der Waals surface area (Å²) in [7, 11) is -10.7. The Kier molecular flexibility index (Phi) is 5.49. The van der Waals surface area contributed by atoms with Crippen LogP contribution >= 0.6 is 7.81 Å². The van der Waals surface area contributed by atoms with Crippen LogP contribution in [0.3, 0.4) is 0 Å². The maximum atomic E-state index is 9.87. The summed E-state index contributed by atoms with van der Waals surface area (Å²) >= 11 is 0. The van der Waals surface area contributed by atoms with E-state index in [0.717, 1.165) is 12.1 Å². The molecule has 0 amide bonds. The van der Waals surface area contributed by atoms with Gasteiger partial charge in [0.05, 0.1) is 11.6 Å². The SMILES string of the molecule is F[P-](F)(F)(F)(F)F.N#Cc1ccc(C[n+]2ccc(-c3ccncc3)cc2)cc1. The predicted octanol–water partition coefficient (Wildman–Crippen LogP) is 6.34. The quantitative estimate of drug-likeness (QED) is 0.284. The molecule has 0 saturated carbocycles. The van der Waals surface area contributed by atoms with Gasteiger partial charge in [-0.1, -0.05) is 12.1 Å². The Hall–Kier alpha value is -2.98. The molecule has 0 aliphatic heterocycles. The Bertz CT molecular complexity index is 954.